The fraction of sp³-hybridized carbons (Fsp3) is 0.538. The van der Waals surface area contributed by atoms with Crippen molar-refractivity contribution in [1.29, 1.82) is 0 Å². The van der Waals surface area contributed by atoms with Gasteiger partial charge in [0.25, 0.3) is 0 Å². The first-order chi connectivity index (χ1) is 8.15. The van der Waals surface area contributed by atoms with Gasteiger partial charge < -0.3 is 10.1 Å². The summed E-state index contributed by atoms with van der Waals surface area (Å²) in [5, 5.41) is 5.02. The second-order valence-corrected chi connectivity index (χ2v) is 5.74. The Morgan fingerprint density at radius 3 is 2.65 bits per heavy atom. The number of ether oxygens (including phenoxy) is 1. The van der Waals surface area contributed by atoms with Crippen LogP contribution in [0.2, 0.25) is 10.0 Å². The van der Waals surface area contributed by atoms with E-state index in [1.54, 1.807) is 6.07 Å². The fourth-order valence-electron chi connectivity index (χ4n) is 2.38. The van der Waals surface area contributed by atoms with E-state index in [1.165, 1.54) is 12.8 Å². The summed E-state index contributed by atoms with van der Waals surface area (Å²) in [6, 6.07) is 4.57. The van der Waals surface area contributed by atoms with Gasteiger partial charge in [0, 0.05) is 29.1 Å². The summed E-state index contributed by atoms with van der Waals surface area (Å²) in [6.45, 7) is 2.07. The van der Waals surface area contributed by atoms with Crippen LogP contribution >= 0.6 is 23.2 Å². The zero-order valence-corrected chi connectivity index (χ0v) is 11.2. The first-order valence-corrected chi connectivity index (χ1v) is 6.81. The Labute approximate surface area is 111 Å². The molecule has 1 aliphatic heterocycles. The number of rotatable bonds is 2. The second kappa shape index (κ2) is 4.34. The number of nitrogens with one attached hydrogen (secondary N) is 1. The van der Waals surface area contributed by atoms with E-state index in [-0.39, 0.29) is 12.1 Å². The molecule has 1 aromatic carbocycles. The van der Waals surface area contributed by atoms with E-state index in [9.17, 15) is 0 Å². The standard InChI is InChI=1S/C13H15Cl2NO/c1-7-6-11(16-8-2-3-8)12-9(14)4-5-10(15)13(12)17-7/h4-5,7-8,11,16H,2-3,6H2,1H3. The van der Waals surface area contributed by atoms with Crippen molar-refractivity contribution in [2.75, 3.05) is 0 Å². The molecule has 0 amide bonds. The van der Waals surface area contributed by atoms with Gasteiger partial charge in [-0.05, 0) is 31.9 Å². The van der Waals surface area contributed by atoms with Gasteiger partial charge in [0.05, 0.1) is 11.1 Å². The summed E-state index contributed by atoms with van der Waals surface area (Å²) >= 11 is 12.5. The van der Waals surface area contributed by atoms with Crippen molar-refractivity contribution in [3.63, 3.8) is 0 Å². The maximum Gasteiger partial charge on any atom is 0.144 e. The zero-order valence-electron chi connectivity index (χ0n) is 9.67. The third-order valence-corrected chi connectivity index (χ3v) is 3.97. The lowest BCUT2D eigenvalue weighted by molar-refractivity contribution is 0.166. The average Bonchev–Trinajstić information content (AvgIpc) is 3.07. The molecule has 1 aliphatic carbocycles. The zero-order chi connectivity index (χ0) is 12.0. The van der Waals surface area contributed by atoms with E-state index >= 15 is 0 Å². The number of hydrogen-bond donors (Lipinski definition) is 1. The molecule has 0 radical (unpaired) electrons. The van der Waals surface area contributed by atoms with Crippen molar-refractivity contribution in [1.82, 2.24) is 5.32 Å². The molecule has 2 unspecified atom stereocenters. The number of fused-ring (bicyclic) bond motifs is 1. The van der Waals surface area contributed by atoms with Crippen LogP contribution in [0.1, 0.15) is 37.8 Å². The molecular formula is C13H15Cl2NO. The van der Waals surface area contributed by atoms with Gasteiger partial charge in [-0.3, -0.25) is 0 Å². The van der Waals surface area contributed by atoms with Crippen molar-refractivity contribution in [2.45, 2.75) is 44.4 Å². The molecule has 1 heterocycles. The van der Waals surface area contributed by atoms with Crippen molar-refractivity contribution >= 4 is 23.2 Å². The predicted octanol–water partition coefficient (Wildman–Crippen LogP) is 3.96. The highest BCUT2D eigenvalue weighted by molar-refractivity contribution is 6.35. The smallest absolute Gasteiger partial charge is 0.144 e. The highest BCUT2D eigenvalue weighted by Crippen LogP contribution is 2.44. The SMILES string of the molecule is CC1CC(NC2CC2)c2c(Cl)ccc(Cl)c2O1. The molecule has 0 bridgehead atoms. The molecule has 1 N–H and O–H groups in total. The monoisotopic (exact) mass is 271 g/mol. The summed E-state index contributed by atoms with van der Waals surface area (Å²) in [6.07, 6.45) is 3.65. The van der Waals surface area contributed by atoms with Gasteiger partial charge >= 0.3 is 0 Å². The van der Waals surface area contributed by atoms with Crippen LogP contribution in [0.3, 0.4) is 0 Å². The molecule has 92 valence electrons. The molecule has 0 spiro atoms. The summed E-state index contributed by atoms with van der Waals surface area (Å²) in [5.74, 6) is 0.760. The lowest BCUT2D eigenvalue weighted by Crippen LogP contribution is -2.33. The van der Waals surface area contributed by atoms with E-state index < -0.39 is 0 Å². The topological polar surface area (TPSA) is 21.3 Å². The Balaban J connectivity index is 2.00. The second-order valence-electron chi connectivity index (χ2n) is 4.93. The van der Waals surface area contributed by atoms with Gasteiger partial charge in [-0.1, -0.05) is 23.2 Å². The maximum absolute atomic E-state index is 6.28. The van der Waals surface area contributed by atoms with E-state index in [0.29, 0.717) is 11.1 Å². The van der Waals surface area contributed by atoms with Gasteiger partial charge in [-0.2, -0.15) is 0 Å². The molecule has 17 heavy (non-hydrogen) atoms. The van der Waals surface area contributed by atoms with Gasteiger partial charge in [0.1, 0.15) is 5.75 Å². The number of halogens is 2. The summed E-state index contributed by atoms with van der Waals surface area (Å²) < 4.78 is 5.82. The van der Waals surface area contributed by atoms with E-state index in [0.717, 1.165) is 22.8 Å². The molecule has 1 saturated carbocycles. The van der Waals surface area contributed by atoms with Crippen LogP contribution in [0.15, 0.2) is 12.1 Å². The van der Waals surface area contributed by atoms with Crippen LogP contribution in [-0.4, -0.2) is 12.1 Å². The summed E-state index contributed by atoms with van der Waals surface area (Å²) in [5.41, 5.74) is 1.03. The molecule has 3 rings (SSSR count). The third-order valence-electron chi connectivity index (χ3n) is 3.34. The van der Waals surface area contributed by atoms with Crippen LogP contribution in [0.4, 0.5) is 0 Å². The van der Waals surface area contributed by atoms with E-state index in [2.05, 4.69) is 12.2 Å². The molecule has 1 fully saturated rings. The fourth-order valence-corrected chi connectivity index (χ4v) is 2.87. The quantitative estimate of drug-likeness (QED) is 0.879. The lowest BCUT2D eigenvalue weighted by Gasteiger charge is -2.32. The van der Waals surface area contributed by atoms with Crippen molar-refractivity contribution < 1.29 is 4.74 Å². The number of benzene rings is 1. The minimum Gasteiger partial charge on any atom is -0.489 e. The van der Waals surface area contributed by atoms with Gasteiger partial charge in [0.15, 0.2) is 0 Å². The number of hydrogen-bond acceptors (Lipinski definition) is 2. The Hall–Kier alpha value is -0.440. The lowest BCUT2D eigenvalue weighted by atomic mass is 9.96. The molecule has 0 saturated heterocycles. The summed E-state index contributed by atoms with van der Waals surface area (Å²) in [7, 11) is 0. The first-order valence-electron chi connectivity index (χ1n) is 6.05. The van der Waals surface area contributed by atoms with Crippen LogP contribution < -0.4 is 10.1 Å². The van der Waals surface area contributed by atoms with Crippen LogP contribution in [-0.2, 0) is 0 Å². The first kappa shape index (κ1) is 11.6. The Morgan fingerprint density at radius 2 is 1.94 bits per heavy atom. The van der Waals surface area contributed by atoms with Crippen molar-refractivity contribution in [3.05, 3.63) is 27.7 Å². The minimum atomic E-state index is 0.176. The van der Waals surface area contributed by atoms with Crippen LogP contribution in [0.25, 0.3) is 0 Å². The highest BCUT2D eigenvalue weighted by Gasteiger charge is 2.33. The Kier molecular flexibility index (Phi) is 2.97. The molecule has 2 nitrogen and oxygen atoms in total. The highest BCUT2D eigenvalue weighted by atomic mass is 35.5. The molecule has 4 heteroatoms. The van der Waals surface area contributed by atoms with Crippen LogP contribution in [0.5, 0.6) is 5.75 Å². The van der Waals surface area contributed by atoms with Crippen LogP contribution in [0, 0.1) is 0 Å². The molecule has 2 atom stereocenters. The normalized spacial score (nSPS) is 27.5. The van der Waals surface area contributed by atoms with E-state index in [4.69, 9.17) is 27.9 Å². The Bertz CT molecular complexity index is 445. The van der Waals surface area contributed by atoms with Crippen molar-refractivity contribution in [3.8, 4) is 5.75 Å². The van der Waals surface area contributed by atoms with Gasteiger partial charge in [-0.15, -0.1) is 0 Å². The molecule has 2 aliphatic rings. The van der Waals surface area contributed by atoms with E-state index in [1.807, 2.05) is 6.07 Å². The molecular weight excluding hydrogens is 257 g/mol. The molecule has 0 aromatic heterocycles. The third kappa shape index (κ3) is 2.26. The van der Waals surface area contributed by atoms with Crippen molar-refractivity contribution in [2.24, 2.45) is 0 Å². The van der Waals surface area contributed by atoms with Gasteiger partial charge in [-0.25, -0.2) is 0 Å². The Morgan fingerprint density at radius 1 is 1.24 bits per heavy atom. The minimum absolute atomic E-state index is 0.176. The largest absolute Gasteiger partial charge is 0.489 e. The van der Waals surface area contributed by atoms with Gasteiger partial charge in [0.2, 0.25) is 0 Å². The molecule has 1 aromatic rings. The predicted molar refractivity (Wildman–Crippen MR) is 70.1 cm³/mol. The average molecular weight is 272 g/mol. The maximum atomic E-state index is 6.28. The summed E-state index contributed by atoms with van der Waals surface area (Å²) in [4.78, 5) is 0.